The first-order chi connectivity index (χ1) is 31.7. The second kappa shape index (κ2) is 50.6. The van der Waals surface area contributed by atoms with Gasteiger partial charge in [0.2, 0.25) is 0 Å². The van der Waals surface area contributed by atoms with Gasteiger partial charge in [-0.05, 0) is 38.5 Å². The second-order valence-corrected chi connectivity index (χ2v) is 20.4. The fraction of sp³-hybridized carbons (Fsp3) is 0.926. The zero-order chi connectivity index (χ0) is 47.6. The van der Waals surface area contributed by atoms with E-state index in [4.69, 9.17) is 23.6 Å². The highest BCUT2D eigenvalue weighted by atomic mass is 31.2. The number of esters is 2. The van der Waals surface area contributed by atoms with Gasteiger partial charge in [0.25, 0.3) is 0 Å². The van der Waals surface area contributed by atoms with E-state index in [0.717, 1.165) is 32.1 Å². The van der Waals surface area contributed by atoms with Gasteiger partial charge >= 0.3 is 19.8 Å². The third-order valence-electron chi connectivity index (χ3n) is 12.4. The molecule has 65 heavy (non-hydrogen) atoms. The number of unbranched alkanes of at least 4 members (excludes halogenated alkanes) is 37. The van der Waals surface area contributed by atoms with Crippen LogP contribution >= 0.6 is 7.82 Å². The third-order valence-corrected chi connectivity index (χ3v) is 13.4. The van der Waals surface area contributed by atoms with Gasteiger partial charge in [0.1, 0.15) is 12.7 Å². The number of phosphoric ester groups is 1. The Morgan fingerprint density at radius 2 is 0.754 bits per heavy atom. The summed E-state index contributed by atoms with van der Waals surface area (Å²) in [5.41, 5.74) is 0. The molecule has 11 heteroatoms. The maximum absolute atomic E-state index is 12.7. The molecule has 3 N–H and O–H groups in total. The Bertz CT molecular complexity index is 1090. The Labute approximate surface area is 400 Å². The minimum atomic E-state index is -4.62. The highest BCUT2D eigenvalue weighted by Crippen LogP contribution is 2.43. The molecule has 0 rings (SSSR count). The van der Waals surface area contributed by atoms with Crippen LogP contribution in [-0.4, -0.2) is 65.7 Å². The molecule has 0 aliphatic heterocycles. The van der Waals surface area contributed by atoms with E-state index in [1.165, 1.54) is 212 Å². The first-order valence-electron chi connectivity index (χ1n) is 27.6. The molecule has 0 saturated carbocycles. The first-order valence-corrected chi connectivity index (χ1v) is 29.1. The molecule has 3 atom stereocenters. The molecule has 0 aromatic heterocycles. The van der Waals surface area contributed by atoms with Crippen LogP contribution in [0.4, 0.5) is 0 Å². The quantitative estimate of drug-likeness (QED) is 0.0233. The Kier molecular flexibility index (Phi) is 49.6. The van der Waals surface area contributed by atoms with Crippen LogP contribution in [0.3, 0.4) is 0 Å². The normalized spacial score (nSPS) is 13.6. The van der Waals surface area contributed by atoms with Crippen LogP contribution in [0.1, 0.15) is 284 Å². The van der Waals surface area contributed by atoms with Crippen LogP contribution in [0.15, 0.2) is 12.2 Å². The van der Waals surface area contributed by atoms with E-state index in [1.54, 1.807) is 0 Å². The number of hydrogen-bond donors (Lipinski definition) is 3. The molecule has 0 spiro atoms. The lowest BCUT2D eigenvalue weighted by Crippen LogP contribution is -2.29. The largest absolute Gasteiger partial charge is 0.472 e. The zero-order valence-electron chi connectivity index (χ0n) is 42.5. The standard InChI is InChI=1S/C54H105O10P/c1-3-5-7-9-11-13-15-17-19-21-23-24-25-26-28-29-31-33-35-37-39-41-43-45-53(57)61-49-52(50-63-65(59,60)62-48-51(56)47-55)64-54(58)46-44-42-40-38-36-34-32-30-27-22-20-18-16-14-12-10-8-6-4-2/h18,20,51-52,55-56H,3-17,19,21-50H2,1-2H3,(H,59,60)/b20-18+/t51-,52+/m0/s1. The minimum absolute atomic E-state index is 0.187. The average Bonchev–Trinajstić information content (AvgIpc) is 3.30. The molecule has 0 amide bonds. The summed E-state index contributed by atoms with van der Waals surface area (Å²) in [6.07, 6.45) is 53.3. The van der Waals surface area contributed by atoms with E-state index < -0.39 is 51.8 Å². The maximum Gasteiger partial charge on any atom is 0.472 e. The van der Waals surface area contributed by atoms with Crippen molar-refractivity contribution in [2.45, 2.75) is 296 Å². The van der Waals surface area contributed by atoms with Gasteiger partial charge in [0, 0.05) is 12.8 Å². The third kappa shape index (κ3) is 50.4. The minimum Gasteiger partial charge on any atom is -0.462 e. The van der Waals surface area contributed by atoms with Crippen molar-refractivity contribution in [1.82, 2.24) is 0 Å². The Morgan fingerprint density at radius 3 is 1.11 bits per heavy atom. The summed E-state index contributed by atoms with van der Waals surface area (Å²) in [5.74, 6) is -0.908. The summed E-state index contributed by atoms with van der Waals surface area (Å²) in [5, 5.41) is 18.4. The molecular weight excluding hydrogens is 840 g/mol. The Morgan fingerprint density at radius 1 is 0.446 bits per heavy atom. The summed E-state index contributed by atoms with van der Waals surface area (Å²) in [7, 11) is -4.62. The Balaban J connectivity index is 4.08. The van der Waals surface area contributed by atoms with Crippen molar-refractivity contribution in [3.63, 3.8) is 0 Å². The van der Waals surface area contributed by atoms with Crippen molar-refractivity contribution in [3.05, 3.63) is 12.2 Å². The van der Waals surface area contributed by atoms with Gasteiger partial charge in [0.05, 0.1) is 19.8 Å². The van der Waals surface area contributed by atoms with Gasteiger partial charge in [0.15, 0.2) is 6.10 Å². The molecule has 0 fully saturated rings. The number of hydrogen-bond acceptors (Lipinski definition) is 9. The number of carbonyl (C=O) groups excluding carboxylic acids is 2. The summed E-state index contributed by atoms with van der Waals surface area (Å²) < 4.78 is 32.9. The van der Waals surface area contributed by atoms with Gasteiger partial charge in [-0.1, -0.05) is 244 Å². The van der Waals surface area contributed by atoms with Gasteiger partial charge in [-0.3, -0.25) is 18.6 Å². The SMILES string of the molecule is CCCCCCCC/C=C/CCCCCCCCCCCC(=O)O[C@H](COC(=O)CCCCCCCCCCCCCCCCCCCCCCCCC)COP(=O)(O)OC[C@@H](O)CO. The molecule has 0 heterocycles. The fourth-order valence-corrected chi connectivity index (χ4v) is 8.96. The predicted molar refractivity (Wildman–Crippen MR) is 270 cm³/mol. The lowest BCUT2D eigenvalue weighted by molar-refractivity contribution is -0.161. The molecule has 0 saturated heterocycles. The Hall–Kier alpha value is -1.29. The number of rotatable bonds is 53. The maximum atomic E-state index is 12.7. The van der Waals surface area contributed by atoms with Gasteiger partial charge in [-0.15, -0.1) is 0 Å². The summed E-state index contributed by atoms with van der Waals surface area (Å²) in [6, 6.07) is 0. The monoisotopic (exact) mass is 945 g/mol. The number of aliphatic hydroxyl groups is 2. The highest BCUT2D eigenvalue weighted by molar-refractivity contribution is 7.47. The summed E-state index contributed by atoms with van der Waals surface area (Å²) in [6.45, 7) is 2.45. The second-order valence-electron chi connectivity index (χ2n) is 19.0. The molecule has 0 aromatic rings. The van der Waals surface area contributed by atoms with E-state index in [9.17, 15) is 24.2 Å². The van der Waals surface area contributed by atoms with Crippen LogP contribution < -0.4 is 0 Å². The molecule has 10 nitrogen and oxygen atoms in total. The smallest absolute Gasteiger partial charge is 0.462 e. The van der Waals surface area contributed by atoms with Crippen LogP contribution in [0.5, 0.6) is 0 Å². The first kappa shape index (κ1) is 63.7. The lowest BCUT2D eigenvalue weighted by atomic mass is 10.0. The number of allylic oxidation sites excluding steroid dienone is 2. The van der Waals surface area contributed by atoms with Gasteiger partial charge in [-0.25, -0.2) is 4.57 Å². The van der Waals surface area contributed by atoms with Crippen LogP contribution in [0.25, 0.3) is 0 Å². The van der Waals surface area contributed by atoms with E-state index in [-0.39, 0.29) is 19.4 Å². The average molecular weight is 945 g/mol. The molecule has 1 unspecified atom stereocenters. The van der Waals surface area contributed by atoms with Crippen molar-refractivity contribution >= 4 is 19.8 Å². The van der Waals surface area contributed by atoms with Crippen LogP contribution in [0.2, 0.25) is 0 Å². The van der Waals surface area contributed by atoms with Crippen molar-refractivity contribution in [1.29, 1.82) is 0 Å². The van der Waals surface area contributed by atoms with Crippen molar-refractivity contribution in [2.24, 2.45) is 0 Å². The van der Waals surface area contributed by atoms with E-state index in [0.29, 0.717) is 12.8 Å². The van der Waals surface area contributed by atoms with E-state index in [2.05, 4.69) is 26.0 Å². The summed E-state index contributed by atoms with van der Waals surface area (Å²) in [4.78, 5) is 35.2. The molecule has 0 aliphatic carbocycles. The number of aliphatic hydroxyl groups excluding tert-OH is 2. The van der Waals surface area contributed by atoms with Crippen LogP contribution in [-0.2, 0) is 32.7 Å². The van der Waals surface area contributed by atoms with Gasteiger partial charge in [-0.2, -0.15) is 0 Å². The van der Waals surface area contributed by atoms with Crippen molar-refractivity contribution in [3.8, 4) is 0 Å². The molecule has 0 bridgehead atoms. The van der Waals surface area contributed by atoms with Crippen molar-refractivity contribution in [2.75, 3.05) is 26.4 Å². The molecular formula is C54H105O10P. The molecule has 0 aromatic carbocycles. The van der Waals surface area contributed by atoms with Crippen molar-refractivity contribution < 1.29 is 47.8 Å². The lowest BCUT2D eigenvalue weighted by Gasteiger charge is -2.20. The number of phosphoric acid groups is 1. The van der Waals surface area contributed by atoms with Gasteiger partial charge < -0.3 is 24.6 Å². The summed E-state index contributed by atoms with van der Waals surface area (Å²) >= 11 is 0. The van der Waals surface area contributed by atoms with E-state index in [1.807, 2.05) is 0 Å². The molecule has 386 valence electrons. The predicted octanol–water partition coefficient (Wildman–Crippen LogP) is 15.9. The molecule has 0 aliphatic rings. The van der Waals surface area contributed by atoms with Crippen LogP contribution in [0, 0.1) is 0 Å². The number of ether oxygens (including phenoxy) is 2. The zero-order valence-corrected chi connectivity index (χ0v) is 43.4. The fourth-order valence-electron chi connectivity index (χ4n) is 8.17. The topological polar surface area (TPSA) is 149 Å². The van der Waals surface area contributed by atoms with E-state index >= 15 is 0 Å². The number of carbonyl (C=O) groups is 2. The highest BCUT2D eigenvalue weighted by Gasteiger charge is 2.27. The molecule has 0 radical (unpaired) electrons.